The van der Waals surface area contributed by atoms with Gasteiger partial charge in [0.05, 0.1) is 18.4 Å². The van der Waals surface area contributed by atoms with E-state index in [0.717, 1.165) is 43.5 Å². The summed E-state index contributed by atoms with van der Waals surface area (Å²) in [5.74, 6) is 0.0382. The van der Waals surface area contributed by atoms with E-state index in [1.165, 1.54) is 0 Å². The van der Waals surface area contributed by atoms with Gasteiger partial charge in [-0.15, -0.1) is 0 Å². The monoisotopic (exact) mass is 301 g/mol. The van der Waals surface area contributed by atoms with Gasteiger partial charge in [0.1, 0.15) is 0 Å². The van der Waals surface area contributed by atoms with Crippen LogP contribution in [0.25, 0.3) is 0 Å². The summed E-state index contributed by atoms with van der Waals surface area (Å²) in [5.41, 5.74) is 7.30. The van der Waals surface area contributed by atoms with E-state index in [9.17, 15) is 4.79 Å². The normalized spacial score (nSPS) is 10.6. The molecule has 0 aliphatic rings. The summed E-state index contributed by atoms with van der Waals surface area (Å²) in [6.45, 7) is 1.39. The zero-order chi connectivity index (χ0) is 15.6. The fourth-order valence-electron chi connectivity index (χ4n) is 2.20. The molecular formula is C16H23N5O. The van der Waals surface area contributed by atoms with Crippen LogP contribution in [-0.4, -0.2) is 27.2 Å². The lowest BCUT2D eigenvalue weighted by Gasteiger charge is -2.03. The first-order valence-corrected chi connectivity index (χ1v) is 7.69. The van der Waals surface area contributed by atoms with Gasteiger partial charge in [-0.1, -0.05) is 12.8 Å². The van der Waals surface area contributed by atoms with Crippen molar-refractivity contribution in [1.29, 1.82) is 0 Å². The standard InChI is InChI=1S/C16H23N5O/c17-8-4-2-1-3-5-16(22)20-15-11-19-21(13-15)12-14-6-9-18-10-7-14/h6-7,9-11,13H,1-5,8,12,17H2,(H,20,22). The number of carbonyl (C=O) groups is 1. The molecule has 0 atom stereocenters. The molecule has 0 unspecified atom stereocenters. The zero-order valence-corrected chi connectivity index (χ0v) is 12.7. The lowest BCUT2D eigenvalue weighted by molar-refractivity contribution is -0.116. The summed E-state index contributed by atoms with van der Waals surface area (Å²) in [5, 5.41) is 7.13. The molecule has 2 aromatic rings. The molecule has 0 aliphatic carbocycles. The van der Waals surface area contributed by atoms with Crippen molar-refractivity contribution in [2.75, 3.05) is 11.9 Å². The quantitative estimate of drug-likeness (QED) is 0.695. The second-order valence-corrected chi connectivity index (χ2v) is 5.28. The van der Waals surface area contributed by atoms with Crippen LogP contribution in [-0.2, 0) is 11.3 Å². The third-order valence-corrected chi connectivity index (χ3v) is 3.37. The van der Waals surface area contributed by atoms with E-state index in [-0.39, 0.29) is 5.91 Å². The van der Waals surface area contributed by atoms with E-state index in [1.54, 1.807) is 23.3 Å². The molecule has 1 amide bonds. The van der Waals surface area contributed by atoms with E-state index in [2.05, 4.69) is 15.4 Å². The third kappa shape index (κ3) is 5.65. The molecule has 0 saturated carbocycles. The average Bonchev–Trinajstić information content (AvgIpc) is 2.95. The number of unbranched alkanes of at least 4 members (excludes halogenated alkanes) is 3. The number of aromatic nitrogens is 3. The van der Waals surface area contributed by atoms with Gasteiger partial charge >= 0.3 is 0 Å². The summed E-state index contributed by atoms with van der Waals surface area (Å²) >= 11 is 0. The van der Waals surface area contributed by atoms with Gasteiger partial charge in [-0.25, -0.2) is 0 Å². The molecular weight excluding hydrogens is 278 g/mol. The summed E-state index contributed by atoms with van der Waals surface area (Å²) in [7, 11) is 0. The first-order valence-electron chi connectivity index (χ1n) is 7.69. The van der Waals surface area contributed by atoms with Gasteiger partial charge in [0.15, 0.2) is 0 Å². The van der Waals surface area contributed by atoms with Gasteiger partial charge in [0.25, 0.3) is 0 Å². The van der Waals surface area contributed by atoms with Crippen molar-refractivity contribution < 1.29 is 4.79 Å². The molecule has 0 aliphatic heterocycles. The molecule has 2 rings (SSSR count). The number of anilines is 1. The minimum Gasteiger partial charge on any atom is -0.330 e. The number of carbonyl (C=O) groups excluding carboxylic acids is 1. The van der Waals surface area contributed by atoms with Gasteiger partial charge in [0.2, 0.25) is 5.91 Å². The molecule has 6 nitrogen and oxygen atoms in total. The predicted molar refractivity (Wildman–Crippen MR) is 86.3 cm³/mol. The number of nitrogens with two attached hydrogens (primary N) is 1. The molecule has 0 spiro atoms. The highest BCUT2D eigenvalue weighted by molar-refractivity contribution is 5.90. The lowest BCUT2D eigenvalue weighted by atomic mass is 10.1. The number of hydrogen-bond acceptors (Lipinski definition) is 4. The number of pyridine rings is 1. The second-order valence-electron chi connectivity index (χ2n) is 5.28. The molecule has 118 valence electrons. The van der Waals surface area contributed by atoms with Crippen LogP contribution in [0.2, 0.25) is 0 Å². The SMILES string of the molecule is NCCCCCCC(=O)Nc1cnn(Cc2ccncc2)c1. The van der Waals surface area contributed by atoms with Gasteiger partial charge in [-0.2, -0.15) is 5.10 Å². The Morgan fingerprint density at radius 2 is 1.95 bits per heavy atom. The largest absolute Gasteiger partial charge is 0.330 e. The highest BCUT2D eigenvalue weighted by Crippen LogP contribution is 2.09. The Bertz CT molecular complexity index is 567. The Morgan fingerprint density at radius 1 is 1.18 bits per heavy atom. The van der Waals surface area contributed by atoms with Crippen LogP contribution in [0.1, 0.15) is 37.7 Å². The summed E-state index contributed by atoms with van der Waals surface area (Å²) < 4.78 is 1.80. The van der Waals surface area contributed by atoms with E-state index in [0.29, 0.717) is 13.0 Å². The Balaban J connectivity index is 1.73. The van der Waals surface area contributed by atoms with Crippen LogP contribution in [0.5, 0.6) is 0 Å². The average molecular weight is 301 g/mol. The van der Waals surface area contributed by atoms with Crippen molar-refractivity contribution in [3.63, 3.8) is 0 Å². The first-order chi connectivity index (χ1) is 10.8. The summed E-state index contributed by atoms with van der Waals surface area (Å²) in [6.07, 6.45) is 11.6. The lowest BCUT2D eigenvalue weighted by Crippen LogP contribution is -2.10. The van der Waals surface area contributed by atoms with Crippen molar-refractivity contribution in [1.82, 2.24) is 14.8 Å². The topological polar surface area (TPSA) is 85.8 Å². The second kappa shape index (κ2) is 8.94. The van der Waals surface area contributed by atoms with Gasteiger partial charge in [-0.05, 0) is 37.1 Å². The van der Waals surface area contributed by atoms with Gasteiger partial charge in [-0.3, -0.25) is 14.5 Å². The molecule has 0 fully saturated rings. The maximum atomic E-state index is 11.8. The van der Waals surface area contributed by atoms with Crippen molar-refractivity contribution in [2.24, 2.45) is 5.73 Å². The third-order valence-electron chi connectivity index (χ3n) is 3.37. The minimum atomic E-state index is 0.0382. The van der Waals surface area contributed by atoms with Crippen molar-refractivity contribution in [2.45, 2.75) is 38.6 Å². The van der Waals surface area contributed by atoms with Crippen LogP contribution in [0.4, 0.5) is 5.69 Å². The van der Waals surface area contributed by atoms with Crippen LogP contribution in [0, 0.1) is 0 Å². The van der Waals surface area contributed by atoms with Crippen LogP contribution in [0.3, 0.4) is 0 Å². The number of rotatable bonds is 9. The van der Waals surface area contributed by atoms with Crippen LogP contribution >= 0.6 is 0 Å². The molecule has 0 saturated heterocycles. The Hall–Kier alpha value is -2.21. The maximum absolute atomic E-state index is 11.8. The molecule has 2 aromatic heterocycles. The minimum absolute atomic E-state index is 0.0382. The summed E-state index contributed by atoms with van der Waals surface area (Å²) in [4.78, 5) is 15.8. The summed E-state index contributed by atoms with van der Waals surface area (Å²) in [6, 6.07) is 3.89. The highest BCUT2D eigenvalue weighted by Gasteiger charge is 2.05. The van der Waals surface area contributed by atoms with Crippen LogP contribution < -0.4 is 11.1 Å². The first kappa shape index (κ1) is 16.2. The highest BCUT2D eigenvalue weighted by atomic mass is 16.1. The Labute approximate surface area is 130 Å². The van der Waals surface area contributed by atoms with Crippen molar-refractivity contribution in [3.8, 4) is 0 Å². The van der Waals surface area contributed by atoms with E-state index in [4.69, 9.17) is 5.73 Å². The molecule has 0 radical (unpaired) electrons. The molecule has 22 heavy (non-hydrogen) atoms. The molecule has 0 bridgehead atoms. The molecule has 6 heteroatoms. The van der Waals surface area contributed by atoms with E-state index >= 15 is 0 Å². The van der Waals surface area contributed by atoms with Gasteiger partial charge < -0.3 is 11.1 Å². The molecule has 2 heterocycles. The van der Waals surface area contributed by atoms with Crippen LogP contribution in [0.15, 0.2) is 36.9 Å². The van der Waals surface area contributed by atoms with E-state index < -0.39 is 0 Å². The Morgan fingerprint density at radius 3 is 2.73 bits per heavy atom. The smallest absolute Gasteiger partial charge is 0.224 e. The van der Waals surface area contributed by atoms with Gasteiger partial charge in [0, 0.05) is 25.0 Å². The molecule has 0 aromatic carbocycles. The zero-order valence-electron chi connectivity index (χ0n) is 12.7. The number of hydrogen-bond donors (Lipinski definition) is 2. The maximum Gasteiger partial charge on any atom is 0.224 e. The Kier molecular flexibility index (Phi) is 6.57. The fraction of sp³-hybridized carbons (Fsp3) is 0.438. The predicted octanol–water partition coefficient (Wildman–Crippen LogP) is 2.17. The number of nitrogens with zero attached hydrogens (tertiary/aromatic N) is 3. The van der Waals surface area contributed by atoms with Crippen molar-refractivity contribution in [3.05, 3.63) is 42.5 Å². The van der Waals surface area contributed by atoms with E-state index in [1.807, 2.05) is 18.3 Å². The number of amides is 1. The molecule has 3 N–H and O–H groups in total. The van der Waals surface area contributed by atoms with Crippen molar-refractivity contribution >= 4 is 11.6 Å². The number of nitrogens with one attached hydrogen (secondary N) is 1. The fourth-order valence-corrected chi connectivity index (χ4v) is 2.20.